The van der Waals surface area contributed by atoms with Crippen LogP contribution in [0.1, 0.15) is 32.6 Å². The van der Waals surface area contributed by atoms with Crippen LogP contribution >= 0.6 is 11.8 Å². The van der Waals surface area contributed by atoms with E-state index in [0.717, 1.165) is 31.0 Å². The molecular formula is C20H25N3O4S. The van der Waals surface area contributed by atoms with Gasteiger partial charge >= 0.3 is 5.97 Å². The van der Waals surface area contributed by atoms with Crippen LogP contribution in [0.2, 0.25) is 0 Å². The number of rotatable bonds is 6. The van der Waals surface area contributed by atoms with Crippen molar-refractivity contribution in [2.75, 3.05) is 12.9 Å². The van der Waals surface area contributed by atoms with Crippen LogP contribution < -0.4 is 10.9 Å². The molecule has 1 amide bonds. The molecule has 1 aromatic carbocycles. The molecule has 1 saturated carbocycles. The fraction of sp³-hybridized carbons (Fsp3) is 0.500. The lowest BCUT2D eigenvalue weighted by atomic mass is 9.86. The summed E-state index contributed by atoms with van der Waals surface area (Å²) in [7, 11) is 1.27. The van der Waals surface area contributed by atoms with Crippen molar-refractivity contribution >= 4 is 34.5 Å². The van der Waals surface area contributed by atoms with Crippen molar-refractivity contribution in [2.24, 2.45) is 5.92 Å². The molecule has 0 unspecified atom stereocenters. The fourth-order valence-electron chi connectivity index (χ4n) is 3.50. The molecule has 7 nitrogen and oxygen atoms in total. The molecule has 1 aliphatic rings. The highest BCUT2D eigenvalue weighted by molar-refractivity contribution is 7.99. The van der Waals surface area contributed by atoms with E-state index in [0.29, 0.717) is 22.0 Å². The van der Waals surface area contributed by atoms with Crippen LogP contribution in [0.15, 0.2) is 34.2 Å². The first-order valence-corrected chi connectivity index (χ1v) is 10.5. The molecule has 8 heteroatoms. The average Bonchev–Trinajstić information content (AvgIpc) is 2.70. The van der Waals surface area contributed by atoms with Gasteiger partial charge in [0.2, 0.25) is 5.91 Å². The first kappa shape index (κ1) is 20.4. The Morgan fingerprint density at radius 3 is 2.79 bits per heavy atom. The Balaban J connectivity index is 1.78. The summed E-state index contributed by atoms with van der Waals surface area (Å²) in [5, 5.41) is 3.86. The quantitative estimate of drug-likeness (QED) is 0.452. The van der Waals surface area contributed by atoms with Gasteiger partial charge in [0.05, 0.1) is 23.8 Å². The number of hydrogen-bond donors (Lipinski definition) is 1. The van der Waals surface area contributed by atoms with Gasteiger partial charge in [0.25, 0.3) is 5.56 Å². The van der Waals surface area contributed by atoms with E-state index in [1.807, 2.05) is 0 Å². The van der Waals surface area contributed by atoms with Crippen LogP contribution in [0.4, 0.5) is 0 Å². The maximum Gasteiger partial charge on any atom is 0.325 e. The Bertz CT molecular complexity index is 927. The number of nitrogens with zero attached hydrogens (tertiary/aromatic N) is 2. The number of amides is 1. The lowest BCUT2D eigenvalue weighted by Gasteiger charge is -2.29. The summed E-state index contributed by atoms with van der Waals surface area (Å²) in [6.07, 6.45) is 4.47. The number of hydrogen-bond acceptors (Lipinski definition) is 6. The minimum Gasteiger partial charge on any atom is -0.468 e. The van der Waals surface area contributed by atoms with E-state index in [1.165, 1.54) is 18.1 Å². The molecule has 1 aliphatic carbocycles. The molecule has 0 bridgehead atoms. The molecule has 28 heavy (non-hydrogen) atoms. The average molecular weight is 404 g/mol. The van der Waals surface area contributed by atoms with Crippen LogP contribution in [0.3, 0.4) is 0 Å². The number of benzene rings is 1. The third-order valence-corrected chi connectivity index (χ3v) is 6.11. The fourth-order valence-corrected chi connectivity index (χ4v) is 4.31. The second-order valence-electron chi connectivity index (χ2n) is 7.10. The van der Waals surface area contributed by atoms with Gasteiger partial charge in [-0.1, -0.05) is 43.7 Å². The molecular weight excluding hydrogens is 378 g/mol. The third-order valence-electron chi connectivity index (χ3n) is 5.13. The predicted octanol–water partition coefficient (Wildman–Crippen LogP) is 2.36. The minimum atomic E-state index is -0.540. The molecule has 1 N–H and O–H groups in total. The number of fused-ring (bicyclic) bond motifs is 1. The lowest BCUT2D eigenvalue weighted by Crippen LogP contribution is -2.42. The maximum atomic E-state index is 12.8. The summed E-state index contributed by atoms with van der Waals surface area (Å²) < 4.78 is 5.97. The molecule has 0 radical (unpaired) electrons. The summed E-state index contributed by atoms with van der Waals surface area (Å²) in [6.45, 7) is 1.92. The van der Waals surface area contributed by atoms with Crippen molar-refractivity contribution in [3.8, 4) is 0 Å². The Kier molecular flexibility index (Phi) is 6.72. The van der Waals surface area contributed by atoms with E-state index in [-0.39, 0.29) is 29.8 Å². The number of para-hydroxylation sites is 1. The first-order chi connectivity index (χ1) is 13.5. The van der Waals surface area contributed by atoms with Gasteiger partial charge in [-0.25, -0.2) is 4.98 Å². The van der Waals surface area contributed by atoms with Crippen molar-refractivity contribution in [1.82, 2.24) is 14.9 Å². The predicted molar refractivity (Wildman–Crippen MR) is 108 cm³/mol. The van der Waals surface area contributed by atoms with E-state index in [4.69, 9.17) is 4.74 Å². The largest absolute Gasteiger partial charge is 0.468 e. The summed E-state index contributed by atoms with van der Waals surface area (Å²) in [5.41, 5.74) is 0.220. The highest BCUT2D eigenvalue weighted by Gasteiger charge is 2.23. The second kappa shape index (κ2) is 9.23. The van der Waals surface area contributed by atoms with Gasteiger partial charge in [-0.15, -0.1) is 0 Å². The number of esters is 1. The van der Waals surface area contributed by atoms with Crippen LogP contribution in [0.5, 0.6) is 0 Å². The second-order valence-corrected chi connectivity index (χ2v) is 8.05. The number of thioether (sulfide) groups is 1. The molecule has 150 valence electrons. The zero-order valence-corrected chi connectivity index (χ0v) is 17.0. The van der Waals surface area contributed by atoms with Crippen molar-refractivity contribution in [1.29, 1.82) is 0 Å². The van der Waals surface area contributed by atoms with E-state index in [9.17, 15) is 14.4 Å². The standard InChI is InChI=1S/C20H25N3O4S/c1-13-7-3-5-9-15(13)21-17(24)12-28-20-22-16-10-6-4-8-14(16)19(26)23(20)11-18(25)27-2/h4,6,8,10,13,15H,3,5,7,9,11-12H2,1-2H3,(H,21,24)/t13-,15+/m0/s1. The monoisotopic (exact) mass is 403 g/mol. The Hall–Kier alpha value is -2.35. The SMILES string of the molecule is COC(=O)Cn1c(SCC(=O)N[C@@H]2CCCC[C@@H]2C)nc2ccccc2c1=O. The summed E-state index contributed by atoms with van der Waals surface area (Å²) >= 11 is 1.16. The van der Waals surface area contributed by atoms with Crippen LogP contribution in [0.25, 0.3) is 10.9 Å². The third kappa shape index (κ3) is 4.73. The molecule has 3 rings (SSSR count). The molecule has 1 heterocycles. The van der Waals surface area contributed by atoms with Crippen molar-refractivity contribution in [3.63, 3.8) is 0 Å². The normalized spacial score (nSPS) is 19.4. The topological polar surface area (TPSA) is 90.3 Å². The van der Waals surface area contributed by atoms with Crippen molar-refractivity contribution < 1.29 is 14.3 Å². The molecule has 2 atom stereocenters. The zero-order valence-electron chi connectivity index (χ0n) is 16.1. The number of carbonyl (C=O) groups excluding carboxylic acids is 2. The van der Waals surface area contributed by atoms with E-state index in [2.05, 4.69) is 17.2 Å². The Morgan fingerprint density at radius 1 is 1.29 bits per heavy atom. The number of ether oxygens (including phenoxy) is 1. The smallest absolute Gasteiger partial charge is 0.325 e. The highest BCUT2D eigenvalue weighted by atomic mass is 32.2. The first-order valence-electron chi connectivity index (χ1n) is 9.48. The Labute approximate surface area is 167 Å². The van der Waals surface area contributed by atoms with Gasteiger partial charge in [-0.05, 0) is 30.9 Å². The number of carbonyl (C=O) groups is 2. The van der Waals surface area contributed by atoms with Gasteiger partial charge in [-0.2, -0.15) is 0 Å². The molecule has 2 aromatic rings. The molecule has 1 aromatic heterocycles. The van der Waals surface area contributed by atoms with Gasteiger partial charge in [0.1, 0.15) is 6.54 Å². The van der Waals surface area contributed by atoms with Crippen LogP contribution in [-0.2, 0) is 20.9 Å². The molecule has 1 fully saturated rings. The molecule has 0 aliphatic heterocycles. The minimum absolute atomic E-state index is 0.0872. The Morgan fingerprint density at radius 2 is 2.04 bits per heavy atom. The number of aromatic nitrogens is 2. The summed E-state index contributed by atoms with van der Waals surface area (Å²) in [6, 6.07) is 7.16. The number of methoxy groups -OCH3 is 1. The maximum absolute atomic E-state index is 12.8. The lowest BCUT2D eigenvalue weighted by molar-refractivity contribution is -0.141. The van der Waals surface area contributed by atoms with Gasteiger partial charge in [-0.3, -0.25) is 19.0 Å². The van der Waals surface area contributed by atoms with Gasteiger partial charge in [0, 0.05) is 6.04 Å². The van der Waals surface area contributed by atoms with Gasteiger partial charge < -0.3 is 10.1 Å². The van der Waals surface area contributed by atoms with Gasteiger partial charge in [0.15, 0.2) is 5.16 Å². The van der Waals surface area contributed by atoms with Crippen molar-refractivity contribution in [2.45, 2.75) is 50.4 Å². The van der Waals surface area contributed by atoms with Crippen LogP contribution in [-0.4, -0.2) is 40.3 Å². The summed E-state index contributed by atoms with van der Waals surface area (Å²) in [4.78, 5) is 41.5. The van der Waals surface area contributed by atoms with Crippen molar-refractivity contribution in [3.05, 3.63) is 34.6 Å². The van der Waals surface area contributed by atoms with Crippen LogP contribution in [0, 0.1) is 5.92 Å². The molecule has 0 saturated heterocycles. The van der Waals surface area contributed by atoms with E-state index < -0.39 is 5.97 Å². The summed E-state index contributed by atoms with van der Waals surface area (Å²) in [5.74, 6) is -0.0221. The molecule has 0 spiro atoms. The number of nitrogens with one attached hydrogen (secondary N) is 1. The van der Waals surface area contributed by atoms with E-state index in [1.54, 1.807) is 24.3 Å². The highest BCUT2D eigenvalue weighted by Crippen LogP contribution is 2.24. The van der Waals surface area contributed by atoms with E-state index >= 15 is 0 Å². The zero-order chi connectivity index (χ0) is 20.1.